The number of carbonyl (C=O) groups is 1. The SMILES string of the molecule is C=CCN(C(=O)NCc1ccc([NH+]([O-])O)cc1)C1CCN(Cc2nc(-c3ccc(C(F)(F)F)cc3)[nH]c2C)CC1. The summed E-state index contributed by atoms with van der Waals surface area (Å²) in [5.74, 6) is 0.530. The number of imidazole rings is 1. The van der Waals surface area contributed by atoms with E-state index in [4.69, 9.17) is 5.21 Å². The second-order valence-corrected chi connectivity index (χ2v) is 9.84. The van der Waals surface area contributed by atoms with Crippen LogP contribution >= 0.6 is 0 Å². The number of alkyl halides is 3. The molecule has 40 heavy (non-hydrogen) atoms. The lowest BCUT2D eigenvalue weighted by molar-refractivity contribution is -0.991. The first kappa shape index (κ1) is 29.3. The monoisotopic (exact) mass is 558 g/mol. The number of halogens is 3. The molecule has 4 N–H and O–H groups in total. The molecular formula is C28H33F3N6O3. The van der Waals surface area contributed by atoms with Crippen molar-refractivity contribution in [2.45, 2.75) is 45.1 Å². The zero-order valence-electron chi connectivity index (χ0n) is 22.2. The molecule has 0 saturated carbocycles. The summed E-state index contributed by atoms with van der Waals surface area (Å²) in [5, 5.41) is 22.0. The molecule has 2 heterocycles. The predicted molar refractivity (Wildman–Crippen MR) is 143 cm³/mol. The summed E-state index contributed by atoms with van der Waals surface area (Å²) >= 11 is 0. The molecule has 0 radical (unpaired) electrons. The van der Waals surface area contributed by atoms with E-state index in [2.05, 4.69) is 26.8 Å². The van der Waals surface area contributed by atoms with E-state index in [-0.39, 0.29) is 24.3 Å². The fourth-order valence-electron chi connectivity index (χ4n) is 4.79. The normalized spacial score (nSPS) is 15.6. The minimum Gasteiger partial charge on any atom is -0.595 e. The van der Waals surface area contributed by atoms with Crippen molar-refractivity contribution in [3.05, 3.63) is 88.9 Å². The van der Waals surface area contributed by atoms with Gasteiger partial charge in [0.15, 0.2) is 5.69 Å². The lowest BCUT2D eigenvalue weighted by atomic mass is 10.0. The van der Waals surface area contributed by atoms with Crippen LogP contribution in [0.3, 0.4) is 0 Å². The zero-order chi connectivity index (χ0) is 28.9. The number of aromatic nitrogens is 2. The lowest BCUT2D eigenvalue weighted by Gasteiger charge is -2.38. The van der Waals surface area contributed by atoms with Gasteiger partial charge in [-0.25, -0.2) is 15.0 Å². The highest BCUT2D eigenvalue weighted by Gasteiger charge is 2.30. The number of benzene rings is 2. The van der Waals surface area contributed by atoms with Crippen LogP contribution < -0.4 is 10.5 Å². The van der Waals surface area contributed by atoms with Gasteiger partial charge in [0.2, 0.25) is 0 Å². The Morgan fingerprint density at radius 1 is 1.23 bits per heavy atom. The first-order valence-corrected chi connectivity index (χ1v) is 13.0. The lowest BCUT2D eigenvalue weighted by Crippen LogP contribution is -2.99. The molecule has 9 nitrogen and oxygen atoms in total. The van der Waals surface area contributed by atoms with E-state index in [9.17, 15) is 23.2 Å². The van der Waals surface area contributed by atoms with Crippen molar-refractivity contribution in [3.8, 4) is 11.4 Å². The van der Waals surface area contributed by atoms with Gasteiger partial charge >= 0.3 is 12.2 Å². The second-order valence-electron chi connectivity index (χ2n) is 9.84. The Morgan fingerprint density at radius 2 is 1.88 bits per heavy atom. The molecule has 1 aromatic heterocycles. The van der Waals surface area contributed by atoms with Crippen LogP contribution in [0.25, 0.3) is 11.4 Å². The number of likely N-dealkylation sites (tertiary alicyclic amines) is 1. The smallest absolute Gasteiger partial charge is 0.416 e. The van der Waals surface area contributed by atoms with Crippen molar-refractivity contribution in [1.82, 2.24) is 25.1 Å². The number of nitrogens with zero attached hydrogens (tertiary/aromatic N) is 3. The molecule has 1 atom stereocenters. The predicted octanol–water partition coefficient (Wildman–Crippen LogP) is 4.17. The number of quaternary nitrogens is 1. The summed E-state index contributed by atoms with van der Waals surface area (Å²) in [5.41, 5.74) is 2.58. The van der Waals surface area contributed by atoms with Crippen molar-refractivity contribution >= 4 is 11.7 Å². The number of amides is 2. The molecule has 2 aromatic carbocycles. The summed E-state index contributed by atoms with van der Waals surface area (Å²) in [4.78, 5) is 24.9. The fourth-order valence-corrected chi connectivity index (χ4v) is 4.79. The van der Waals surface area contributed by atoms with Crippen LogP contribution in [0.1, 0.15) is 35.4 Å². The quantitative estimate of drug-likeness (QED) is 0.233. The van der Waals surface area contributed by atoms with E-state index in [1.807, 2.05) is 6.92 Å². The van der Waals surface area contributed by atoms with Crippen molar-refractivity contribution in [1.29, 1.82) is 0 Å². The summed E-state index contributed by atoms with van der Waals surface area (Å²) < 4.78 is 38.6. The van der Waals surface area contributed by atoms with E-state index in [1.165, 1.54) is 24.3 Å². The fraction of sp³-hybridized carbons (Fsp3) is 0.357. The van der Waals surface area contributed by atoms with Gasteiger partial charge in [-0.2, -0.15) is 18.4 Å². The van der Waals surface area contributed by atoms with E-state index >= 15 is 0 Å². The average molecular weight is 559 g/mol. The molecule has 12 heteroatoms. The number of hydrogen-bond donors (Lipinski definition) is 4. The molecule has 0 spiro atoms. The second kappa shape index (κ2) is 12.6. The van der Waals surface area contributed by atoms with E-state index in [0.717, 1.165) is 55.0 Å². The Bertz CT molecular complexity index is 1280. The van der Waals surface area contributed by atoms with Crippen LogP contribution in [0, 0.1) is 12.1 Å². The molecule has 3 aromatic rings. The van der Waals surface area contributed by atoms with Crippen LogP contribution in [0.4, 0.5) is 23.7 Å². The summed E-state index contributed by atoms with van der Waals surface area (Å²) in [6.07, 6.45) is -1.15. The first-order chi connectivity index (χ1) is 19.0. The number of nitrogens with one attached hydrogen (secondary N) is 3. The standard InChI is InChI=1S/C28H33F3N6O3/c1-3-14-36(27(38)32-17-20-4-10-24(11-5-20)37(39)40)23-12-15-35(16-13-23)18-25-19(2)33-26(34-25)21-6-8-22(9-7-21)28(29,30)31/h3-11,23,37,39H,1,12-18H2,2H3,(H,32,38)(H,33,34). The molecule has 0 aliphatic carbocycles. The average Bonchev–Trinajstić information content (AvgIpc) is 3.30. The third kappa shape index (κ3) is 7.27. The number of rotatable bonds is 9. The van der Waals surface area contributed by atoms with Gasteiger partial charge in [-0.1, -0.05) is 30.3 Å². The molecule has 1 aliphatic rings. The summed E-state index contributed by atoms with van der Waals surface area (Å²) in [6.45, 7) is 8.48. The molecular weight excluding hydrogens is 525 g/mol. The van der Waals surface area contributed by atoms with Gasteiger partial charge in [-0.3, -0.25) is 4.90 Å². The number of urea groups is 1. The Balaban J connectivity index is 1.31. The van der Waals surface area contributed by atoms with Crippen molar-refractivity contribution in [2.75, 3.05) is 19.6 Å². The van der Waals surface area contributed by atoms with Crippen molar-refractivity contribution in [2.24, 2.45) is 0 Å². The topological polar surface area (TPSA) is 112 Å². The molecule has 1 unspecified atom stereocenters. The van der Waals surface area contributed by atoms with Crippen LogP contribution in [0.2, 0.25) is 0 Å². The van der Waals surface area contributed by atoms with Crippen molar-refractivity contribution < 1.29 is 28.4 Å². The van der Waals surface area contributed by atoms with Gasteiger partial charge in [0.1, 0.15) is 5.82 Å². The molecule has 214 valence electrons. The van der Waals surface area contributed by atoms with Crippen molar-refractivity contribution in [3.63, 3.8) is 0 Å². The van der Waals surface area contributed by atoms with Crippen LogP contribution in [0.5, 0.6) is 0 Å². The summed E-state index contributed by atoms with van der Waals surface area (Å²) in [6, 6.07) is 11.2. The van der Waals surface area contributed by atoms with Gasteiger partial charge in [0.25, 0.3) is 0 Å². The highest BCUT2D eigenvalue weighted by atomic mass is 19.4. The van der Waals surface area contributed by atoms with E-state index < -0.39 is 17.0 Å². The van der Waals surface area contributed by atoms with Gasteiger partial charge in [-0.15, -0.1) is 6.58 Å². The number of aromatic amines is 1. The van der Waals surface area contributed by atoms with E-state index in [0.29, 0.717) is 24.5 Å². The van der Waals surface area contributed by atoms with Gasteiger partial charge < -0.3 is 20.4 Å². The van der Waals surface area contributed by atoms with Crippen LogP contribution in [-0.2, 0) is 19.3 Å². The maximum Gasteiger partial charge on any atom is 0.416 e. The summed E-state index contributed by atoms with van der Waals surface area (Å²) in [7, 11) is 0. The Kier molecular flexibility index (Phi) is 9.25. The molecule has 2 amide bonds. The van der Waals surface area contributed by atoms with E-state index in [1.54, 1.807) is 23.1 Å². The largest absolute Gasteiger partial charge is 0.595 e. The number of piperidine rings is 1. The molecule has 1 aliphatic heterocycles. The highest BCUT2D eigenvalue weighted by molar-refractivity contribution is 5.74. The van der Waals surface area contributed by atoms with Gasteiger partial charge in [-0.05, 0) is 37.5 Å². The maximum atomic E-state index is 13.0. The maximum absolute atomic E-state index is 13.0. The van der Waals surface area contributed by atoms with Gasteiger partial charge in [0.05, 0.1) is 11.3 Å². The number of H-pyrrole nitrogens is 1. The third-order valence-electron chi connectivity index (χ3n) is 7.07. The third-order valence-corrected chi connectivity index (χ3v) is 7.07. The van der Waals surface area contributed by atoms with Crippen LogP contribution in [0.15, 0.2) is 61.2 Å². The zero-order valence-corrected chi connectivity index (χ0v) is 22.2. The number of aryl methyl sites for hydroxylation is 1. The molecule has 4 rings (SSSR count). The number of hydrogen-bond acceptors (Lipinski definition) is 5. The van der Waals surface area contributed by atoms with Gasteiger partial charge in [0, 0.05) is 62.2 Å². The van der Waals surface area contributed by atoms with Crippen LogP contribution in [-0.4, -0.2) is 56.7 Å². The molecule has 1 saturated heterocycles. The Labute approximate surface area is 230 Å². The molecule has 1 fully saturated rings. The minimum absolute atomic E-state index is 0.0339. The minimum atomic E-state index is -4.38. The molecule has 0 bridgehead atoms. The highest BCUT2D eigenvalue weighted by Crippen LogP contribution is 2.31. The Morgan fingerprint density at radius 3 is 2.45 bits per heavy atom. The number of carbonyl (C=O) groups excluding carboxylic acids is 1. The first-order valence-electron chi connectivity index (χ1n) is 13.0. The Hall–Kier alpha value is -3.71.